The Labute approximate surface area is 163 Å². The lowest BCUT2D eigenvalue weighted by atomic mass is 10.2. The molecule has 152 valence electrons. The summed E-state index contributed by atoms with van der Waals surface area (Å²) < 4.78 is 11.4. The molecule has 0 atom stereocenters. The molecule has 0 spiro atoms. The summed E-state index contributed by atoms with van der Waals surface area (Å²) >= 11 is 0. The first kappa shape index (κ1) is 22.9. The maximum Gasteiger partial charge on any atom is 0.414 e. The van der Waals surface area contributed by atoms with E-state index in [9.17, 15) is 0 Å². The van der Waals surface area contributed by atoms with Crippen molar-refractivity contribution in [1.82, 2.24) is 5.32 Å². The number of hydrogen-bond acceptors (Lipinski definition) is 6. The van der Waals surface area contributed by atoms with Gasteiger partial charge in [0.2, 0.25) is 0 Å². The van der Waals surface area contributed by atoms with Gasteiger partial charge in [0.15, 0.2) is 0 Å². The maximum atomic E-state index is 9.10. The molecule has 2 rings (SSSR count). The Morgan fingerprint density at radius 3 is 1.93 bits per heavy atom. The minimum atomic E-state index is -1.82. The largest absolute Gasteiger partial charge is 0.494 e. The van der Waals surface area contributed by atoms with Crippen molar-refractivity contribution < 1.29 is 34.4 Å². The number of aliphatic carboxylic acids is 2. The fourth-order valence-electron chi connectivity index (χ4n) is 1.96. The van der Waals surface area contributed by atoms with Gasteiger partial charge >= 0.3 is 11.9 Å². The standard InChI is InChI=1S/C18H23NO3.C2H2O4/c20-13-12-19-11-4-14-21-17-7-9-18(10-8-17)22-15-16-5-2-1-3-6-16;3-1(4)2(5)6/h1-3,5-10,19-20H,4,11-15H2;(H,3,4)(H,5,6). The number of carboxylic acids is 2. The van der Waals surface area contributed by atoms with Crippen LogP contribution in [0.3, 0.4) is 0 Å². The molecule has 0 aliphatic carbocycles. The fourth-order valence-corrected chi connectivity index (χ4v) is 1.96. The number of carbonyl (C=O) groups is 2. The fraction of sp³-hybridized carbons (Fsp3) is 0.300. The molecule has 0 fully saturated rings. The van der Waals surface area contributed by atoms with Crippen LogP contribution >= 0.6 is 0 Å². The number of benzene rings is 2. The summed E-state index contributed by atoms with van der Waals surface area (Å²) in [5, 5.41) is 26.5. The second kappa shape index (κ2) is 14.0. The smallest absolute Gasteiger partial charge is 0.414 e. The van der Waals surface area contributed by atoms with Crippen LogP contribution in [0, 0.1) is 0 Å². The number of aliphatic hydroxyl groups is 1. The molecule has 0 aromatic heterocycles. The zero-order valence-electron chi connectivity index (χ0n) is 15.4. The van der Waals surface area contributed by atoms with Crippen LogP contribution in [-0.2, 0) is 16.2 Å². The monoisotopic (exact) mass is 391 g/mol. The van der Waals surface area contributed by atoms with Crippen LogP contribution in [0.15, 0.2) is 54.6 Å². The third-order valence-corrected chi connectivity index (χ3v) is 3.31. The van der Waals surface area contributed by atoms with Crippen molar-refractivity contribution in [2.45, 2.75) is 13.0 Å². The SMILES string of the molecule is O=C(O)C(=O)O.OCCNCCCOc1ccc(OCc2ccccc2)cc1. The highest BCUT2D eigenvalue weighted by Gasteiger charge is 2.04. The van der Waals surface area contributed by atoms with Crippen LogP contribution < -0.4 is 14.8 Å². The van der Waals surface area contributed by atoms with Gasteiger partial charge in [-0.1, -0.05) is 30.3 Å². The number of hydrogen-bond donors (Lipinski definition) is 4. The van der Waals surface area contributed by atoms with Gasteiger partial charge in [-0.25, -0.2) is 9.59 Å². The van der Waals surface area contributed by atoms with Crippen molar-refractivity contribution in [1.29, 1.82) is 0 Å². The van der Waals surface area contributed by atoms with E-state index >= 15 is 0 Å². The van der Waals surface area contributed by atoms with Gasteiger partial charge in [-0.3, -0.25) is 0 Å². The van der Waals surface area contributed by atoms with Crippen molar-refractivity contribution in [2.75, 3.05) is 26.3 Å². The van der Waals surface area contributed by atoms with Crippen LogP contribution in [0.5, 0.6) is 11.5 Å². The van der Waals surface area contributed by atoms with E-state index in [0.29, 0.717) is 19.8 Å². The topological polar surface area (TPSA) is 125 Å². The molecule has 0 unspecified atom stereocenters. The van der Waals surface area contributed by atoms with Gasteiger partial charge in [-0.2, -0.15) is 0 Å². The van der Waals surface area contributed by atoms with Gasteiger partial charge in [0, 0.05) is 6.54 Å². The molecule has 2 aromatic carbocycles. The molecular formula is C20H25NO7. The normalized spacial score (nSPS) is 9.75. The molecule has 8 heteroatoms. The summed E-state index contributed by atoms with van der Waals surface area (Å²) in [5.41, 5.74) is 1.15. The Morgan fingerprint density at radius 1 is 0.821 bits per heavy atom. The van der Waals surface area contributed by atoms with E-state index < -0.39 is 11.9 Å². The van der Waals surface area contributed by atoms with Gasteiger partial charge in [0.1, 0.15) is 18.1 Å². The summed E-state index contributed by atoms with van der Waals surface area (Å²) in [6.45, 7) is 2.87. The van der Waals surface area contributed by atoms with Crippen molar-refractivity contribution in [3.8, 4) is 11.5 Å². The minimum Gasteiger partial charge on any atom is -0.494 e. The lowest BCUT2D eigenvalue weighted by molar-refractivity contribution is -0.159. The van der Waals surface area contributed by atoms with Gasteiger partial charge in [-0.15, -0.1) is 0 Å². The molecule has 4 N–H and O–H groups in total. The number of carboxylic acid groups (broad SMARTS) is 2. The first-order valence-electron chi connectivity index (χ1n) is 8.70. The van der Waals surface area contributed by atoms with Gasteiger partial charge in [0.25, 0.3) is 0 Å². The molecule has 0 saturated carbocycles. The quantitative estimate of drug-likeness (QED) is 0.357. The molecule has 0 saturated heterocycles. The third-order valence-electron chi connectivity index (χ3n) is 3.31. The Kier molecular flexibility index (Phi) is 11.5. The van der Waals surface area contributed by atoms with Crippen molar-refractivity contribution in [3.63, 3.8) is 0 Å². The summed E-state index contributed by atoms with van der Waals surface area (Å²) in [7, 11) is 0. The molecule has 0 aliphatic heterocycles. The zero-order valence-corrected chi connectivity index (χ0v) is 15.4. The summed E-state index contributed by atoms with van der Waals surface area (Å²) in [4.78, 5) is 18.2. The maximum absolute atomic E-state index is 9.10. The Morgan fingerprint density at radius 2 is 1.39 bits per heavy atom. The highest BCUT2D eigenvalue weighted by molar-refractivity contribution is 6.27. The Hall–Kier alpha value is -3.10. The van der Waals surface area contributed by atoms with E-state index in [-0.39, 0.29) is 6.61 Å². The molecule has 0 radical (unpaired) electrons. The summed E-state index contributed by atoms with van der Waals surface area (Å²) in [5.74, 6) is -1.97. The molecule has 0 amide bonds. The van der Waals surface area contributed by atoms with E-state index in [2.05, 4.69) is 5.32 Å². The molecule has 2 aromatic rings. The molecule has 8 nitrogen and oxygen atoms in total. The van der Waals surface area contributed by atoms with E-state index in [0.717, 1.165) is 30.0 Å². The van der Waals surface area contributed by atoms with E-state index in [1.807, 2.05) is 54.6 Å². The number of ether oxygens (including phenoxy) is 2. The Bertz CT molecular complexity index is 677. The van der Waals surface area contributed by atoms with Crippen LogP contribution in [0.25, 0.3) is 0 Å². The average molecular weight is 391 g/mol. The molecule has 0 aliphatic rings. The van der Waals surface area contributed by atoms with E-state index in [1.165, 1.54) is 0 Å². The summed E-state index contributed by atoms with van der Waals surface area (Å²) in [6.07, 6.45) is 0.909. The van der Waals surface area contributed by atoms with Crippen LogP contribution in [-0.4, -0.2) is 53.6 Å². The average Bonchev–Trinajstić information content (AvgIpc) is 2.71. The number of aliphatic hydroxyl groups excluding tert-OH is 1. The van der Waals surface area contributed by atoms with Crippen molar-refractivity contribution in [2.24, 2.45) is 0 Å². The third kappa shape index (κ3) is 10.8. The number of nitrogens with one attached hydrogen (secondary N) is 1. The van der Waals surface area contributed by atoms with Gasteiger partial charge < -0.3 is 30.1 Å². The summed E-state index contributed by atoms with van der Waals surface area (Å²) in [6, 6.07) is 17.8. The molecule has 0 heterocycles. The molecule has 0 bridgehead atoms. The van der Waals surface area contributed by atoms with Crippen molar-refractivity contribution in [3.05, 3.63) is 60.2 Å². The first-order valence-corrected chi connectivity index (χ1v) is 8.70. The van der Waals surface area contributed by atoms with E-state index in [1.54, 1.807) is 0 Å². The highest BCUT2D eigenvalue weighted by atomic mass is 16.5. The predicted molar refractivity (Wildman–Crippen MR) is 103 cm³/mol. The molecule has 28 heavy (non-hydrogen) atoms. The van der Waals surface area contributed by atoms with Crippen LogP contribution in [0.1, 0.15) is 12.0 Å². The van der Waals surface area contributed by atoms with Crippen LogP contribution in [0.2, 0.25) is 0 Å². The Balaban J connectivity index is 0.000000568. The van der Waals surface area contributed by atoms with E-state index in [4.69, 9.17) is 34.4 Å². The second-order valence-corrected chi connectivity index (χ2v) is 5.53. The zero-order chi connectivity index (χ0) is 20.6. The van der Waals surface area contributed by atoms with Gasteiger partial charge in [0.05, 0.1) is 13.2 Å². The van der Waals surface area contributed by atoms with Crippen LogP contribution in [0.4, 0.5) is 0 Å². The predicted octanol–water partition coefficient (Wildman–Crippen LogP) is 1.77. The highest BCUT2D eigenvalue weighted by Crippen LogP contribution is 2.18. The lowest BCUT2D eigenvalue weighted by Gasteiger charge is -2.09. The second-order valence-electron chi connectivity index (χ2n) is 5.53. The minimum absolute atomic E-state index is 0.172. The molecular weight excluding hydrogens is 366 g/mol. The number of rotatable bonds is 10. The first-order chi connectivity index (χ1) is 13.5. The lowest BCUT2D eigenvalue weighted by Crippen LogP contribution is -2.20. The van der Waals surface area contributed by atoms with Gasteiger partial charge in [-0.05, 0) is 42.8 Å². The van der Waals surface area contributed by atoms with Crippen molar-refractivity contribution >= 4 is 11.9 Å².